The highest BCUT2D eigenvalue weighted by molar-refractivity contribution is 5.81. The first kappa shape index (κ1) is 14.5. The van der Waals surface area contributed by atoms with E-state index >= 15 is 0 Å². The Kier molecular flexibility index (Phi) is 4.35. The smallest absolute Gasteiger partial charge is 0.248 e. The van der Waals surface area contributed by atoms with E-state index in [1.165, 1.54) is 0 Å². The van der Waals surface area contributed by atoms with Crippen molar-refractivity contribution in [3.05, 3.63) is 0 Å². The number of primary amides is 1. The van der Waals surface area contributed by atoms with E-state index in [-0.39, 0.29) is 12.5 Å². The van der Waals surface area contributed by atoms with Crippen molar-refractivity contribution in [3.63, 3.8) is 0 Å². The van der Waals surface area contributed by atoms with Crippen molar-refractivity contribution in [1.29, 1.82) is 0 Å². The summed E-state index contributed by atoms with van der Waals surface area (Å²) >= 11 is 0. The lowest BCUT2D eigenvalue weighted by molar-refractivity contribution is -0.145. The predicted octanol–water partition coefficient (Wildman–Crippen LogP) is 0.0548. The van der Waals surface area contributed by atoms with Gasteiger partial charge in [0.25, 0.3) is 0 Å². The van der Waals surface area contributed by atoms with Crippen LogP contribution in [0.25, 0.3) is 0 Å². The van der Waals surface area contributed by atoms with E-state index in [1.807, 2.05) is 0 Å². The van der Waals surface area contributed by atoms with Gasteiger partial charge in [-0.15, -0.1) is 12.3 Å². The van der Waals surface area contributed by atoms with E-state index in [0.29, 0.717) is 38.8 Å². The molecule has 7 nitrogen and oxygen atoms in total. The highest BCUT2D eigenvalue weighted by Gasteiger charge is 2.40. The monoisotopic (exact) mass is 278 g/mol. The van der Waals surface area contributed by atoms with E-state index in [9.17, 15) is 9.59 Å². The van der Waals surface area contributed by atoms with Crippen LogP contribution >= 0.6 is 0 Å². The number of carbonyl (C=O) groups excluding carboxylic acids is 2. The molecule has 0 bridgehead atoms. The van der Waals surface area contributed by atoms with Gasteiger partial charge in [-0.1, -0.05) is 0 Å². The number of amides is 2. The van der Waals surface area contributed by atoms with Gasteiger partial charge in [0.2, 0.25) is 11.8 Å². The van der Waals surface area contributed by atoms with E-state index in [0.717, 1.165) is 0 Å². The number of hydrogen-bond acceptors (Lipinski definition) is 5. The van der Waals surface area contributed by atoms with Gasteiger partial charge in [0, 0.05) is 32.2 Å². The number of terminal acetylenes is 1. The van der Waals surface area contributed by atoms with Crippen LogP contribution in [0.4, 0.5) is 0 Å². The second-order valence-corrected chi connectivity index (χ2v) is 4.99. The third-order valence-electron chi connectivity index (χ3n) is 3.53. The zero-order chi connectivity index (χ0) is 14.6. The summed E-state index contributed by atoms with van der Waals surface area (Å²) in [5.74, 6) is 1.98. The van der Waals surface area contributed by atoms with Crippen LogP contribution in [0, 0.1) is 12.3 Å². The molecule has 1 unspecified atom stereocenters. The van der Waals surface area contributed by atoms with Gasteiger partial charge < -0.3 is 15.4 Å². The van der Waals surface area contributed by atoms with Crippen molar-refractivity contribution in [1.82, 2.24) is 4.90 Å². The molecule has 0 radical (unpaired) electrons. The van der Waals surface area contributed by atoms with Gasteiger partial charge in [-0.05, 0) is 0 Å². The fraction of sp³-hybridized carbons (Fsp3) is 0.692. The normalized spacial score (nSPS) is 23.1. The number of nitrogens with zero attached hydrogens (tertiary/aromatic N) is 3. The molecule has 20 heavy (non-hydrogen) atoms. The van der Waals surface area contributed by atoms with Crippen LogP contribution in [0.3, 0.4) is 0 Å². The number of nitrogens with two attached hydrogens (primary N) is 1. The molecule has 1 fully saturated rings. The molecular weight excluding hydrogens is 260 g/mol. The minimum atomic E-state index is -0.710. The Morgan fingerprint density at radius 1 is 1.45 bits per heavy atom. The molecule has 2 amide bonds. The number of carbonyl (C=O) groups is 2. The molecule has 2 aliphatic rings. The third-order valence-corrected chi connectivity index (χ3v) is 3.53. The first-order valence-electron chi connectivity index (χ1n) is 6.62. The van der Waals surface area contributed by atoms with Gasteiger partial charge in [-0.3, -0.25) is 9.59 Å². The van der Waals surface area contributed by atoms with Gasteiger partial charge in [0.05, 0.1) is 13.2 Å². The molecule has 1 atom stereocenters. The van der Waals surface area contributed by atoms with Gasteiger partial charge >= 0.3 is 0 Å². The van der Waals surface area contributed by atoms with Crippen molar-refractivity contribution in [3.8, 4) is 12.3 Å². The number of hydrogen-bond donors (Lipinski definition) is 1. The lowest BCUT2D eigenvalue weighted by Gasteiger charge is -2.31. The highest BCUT2D eigenvalue weighted by atomic mass is 16.5. The minimum absolute atomic E-state index is 0.0306. The summed E-state index contributed by atoms with van der Waals surface area (Å²) in [5, 5.41) is 7.98. The lowest BCUT2D eigenvalue weighted by atomic mass is 10.0. The van der Waals surface area contributed by atoms with E-state index in [1.54, 1.807) is 4.90 Å². The van der Waals surface area contributed by atoms with Crippen molar-refractivity contribution >= 4 is 11.8 Å². The molecule has 108 valence electrons. The number of morpholine rings is 1. The molecule has 0 aromatic rings. The third kappa shape index (κ3) is 3.54. The molecule has 7 heteroatoms. The van der Waals surface area contributed by atoms with Crippen LogP contribution in [-0.2, 0) is 14.3 Å². The van der Waals surface area contributed by atoms with Crippen LogP contribution in [-0.4, -0.2) is 48.2 Å². The molecule has 0 aromatic carbocycles. The van der Waals surface area contributed by atoms with Crippen LogP contribution in [0.1, 0.15) is 25.7 Å². The maximum absolute atomic E-state index is 12.1. The van der Waals surface area contributed by atoms with E-state index in [2.05, 4.69) is 16.1 Å². The van der Waals surface area contributed by atoms with Crippen LogP contribution in [0.5, 0.6) is 0 Å². The SMILES string of the molecule is C#CCCC1(CCC(=O)N2CCOC(C(N)=O)C2)N=N1. The molecule has 0 spiro atoms. The summed E-state index contributed by atoms with van der Waals surface area (Å²) in [6.45, 7) is 1.03. The Hall–Kier alpha value is -1.94. The number of rotatable bonds is 6. The summed E-state index contributed by atoms with van der Waals surface area (Å²) in [4.78, 5) is 24.8. The summed E-state index contributed by atoms with van der Waals surface area (Å²) in [6.07, 6.45) is 6.69. The van der Waals surface area contributed by atoms with Crippen molar-refractivity contribution in [2.45, 2.75) is 37.5 Å². The highest BCUT2D eigenvalue weighted by Crippen LogP contribution is 2.37. The second kappa shape index (κ2) is 6.01. The lowest BCUT2D eigenvalue weighted by Crippen LogP contribution is -2.50. The fourth-order valence-electron chi connectivity index (χ4n) is 2.18. The minimum Gasteiger partial charge on any atom is -0.367 e. The topological polar surface area (TPSA) is 97.3 Å². The first-order chi connectivity index (χ1) is 9.56. The second-order valence-electron chi connectivity index (χ2n) is 4.99. The van der Waals surface area contributed by atoms with Crippen LogP contribution < -0.4 is 5.73 Å². The zero-order valence-corrected chi connectivity index (χ0v) is 11.2. The largest absolute Gasteiger partial charge is 0.367 e. The Bertz CT molecular complexity index is 463. The van der Waals surface area contributed by atoms with Crippen molar-refractivity contribution in [2.24, 2.45) is 16.0 Å². The van der Waals surface area contributed by atoms with Gasteiger partial charge in [-0.25, -0.2) is 0 Å². The molecule has 0 saturated carbocycles. The average Bonchev–Trinajstić information content (AvgIpc) is 3.23. The Morgan fingerprint density at radius 2 is 2.20 bits per heavy atom. The Labute approximate surface area is 117 Å². The molecule has 0 aliphatic carbocycles. The Morgan fingerprint density at radius 3 is 2.80 bits per heavy atom. The summed E-state index contributed by atoms with van der Waals surface area (Å²) < 4.78 is 5.20. The average molecular weight is 278 g/mol. The van der Waals surface area contributed by atoms with Gasteiger partial charge in [-0.2, -0.15) is 10.2 Å². The maximum Gasteiger partial charge on any atom is 0.248 e. The van der Waals surface area contributed by atoms with Gasteiger partial charge in [0.15, 0.2) is 11.8 Å². The molecular formula is C13H18N4O3. The van der Waals surface area contributed by atoms with Crippen LogP contribution in [0.2, 0.25) is 0 Å². The predicted molar refractivity (Wildman–Crippen MR) is 70.4 cm³/mol. The fourth-order valence-corrected chi connectivity index (χ4v) is 2.18. The first-order valence-corrected chi connectivity index (χ1v) is 6.62. The quantitative estimate of drug-likeness (QED) is 0.695. The van der Waals surface area contributed by atoms with Crippen LogP contribution in [0.15, 0.2) is 10.2 Å². The molecule has 0 aromatic heterocycles. The summed E-state index contributed by atoms with van der Waals surface area (Å²) in [6, 6.07) is 0. The number of ether oxygens (including phenoxy) is 1. The summed E-state index contributed by atoms with van der Waals surface area (Å²) in [7, 11) is 0. The molecule has 2 N–H and O–H groups in total. The maximum atomic E-state index is 12.1. The Balaban J connectivity index is 1.77. The zero-order valence-electron chi connectivity index (χ0n) is 11.2. The summed E-state index contributed by atoms with van der Waals surface area (Å²) in [5.41, 5.74) is 4.74. The molecule has 2 heterocycles. The molecule has 2 aliphatic heterocycles. The standard InChI is InChI=1S/C13H18N4O3/c1-2-3-5-13(15-16-13)6-4-11(18)17-7-8-20-10(9-17)12(14)19/h1,10H,3-9H2,(H2,14,19). The van der Waals surface area contributed by atoms with E-state index < -0.39 is 17.7 Å². The van der Waals surface area contributed by atoms with Crippen molar-refractivity contribution < 1.29 is 14.3 Å². The van der Waals surface area contributed by atoms with Crippen molar-refractivity contribution in [2.75, 3.05) is 19.7 Å². The molecule has 2 rings (SSSR count). The van der Waals surface area contributed by atoms with Gasteiger partial charge in [0.1, 0.15) is 0 Å². The van der Waals surface area contributed by atoms with E-state index in [4.69, 9.17) is 16.9 Å². The molecule has 1 saturated heterocycles.